The Kier molecular flexibility index (Phi) is 2.87. The summed E-state index contributed by atoms with van der Waals surface area (Å²) in [5.41, 5.74) is 1.41. The molecule has 0 saturated carbocycles. The molecule has 0 bridgehead atoms. The first-order valence-corrected chi connectivity index (χ1v) is 5.04. The summed E-state index contributed by atoms with van der Waals surface area (Å²) in [4.78, 5) is 15.1. The lowest BCUT2D eigenvalue weighted by Crippen LogP contribution is -1.91. The highest BCUT2D eigenvalue weighted by Gasteiger charge is 2.04. The van der Waals surface area contributed by atoms with Crippen molar-refractivity contribution in [2.75, 3.05) is 0 Å². The normalized spacial score (nSPS) is 10.2. The van der Waals surface area contributed by atoms with E-state index in [1.54, 1.807) is 13.0 Å². The van der Waals surface area contributed by atoms with Gasteiger partial charge in [-0.1, -0.05) is 12.1 Å². The monoisotopic (exact) mass is 231 g/mol. The van der Waals surface area contributed by atoms with Crippen LogP contribution in [-0.4, -0.2) is 10.1 Å². The third-order valence-electron chi connectivity index (χ3n) is 2.45. The summed E-state index contributed by atoms with van der Waals surface area (Å²) in [5.74, 6) is -0.776. The number of pyridine rings is 1. The van der Waals surface area contributed by atoms with E-state index < -0.39 is 11.2 Å². The minimum Gasteiger partial charge on any atom is -0.504 e. The van der Waals surface area contributed by atoms with Gasteiger partial charge in [0.25, 0.3) is 0 Å². The highest BCUT2D eigenvalue weighted by Crippen LogP contribution is 2.22. The van der Waals surface area contributed by atoms with Crippen molar-refractivity contribution in [3.63, 3.8) is 0 Å². The molecule has 3 nitrogen and oxygen atoms in total. The van der Waals surface area contributed by atoms with Gasteiger partial charge in [0.1, 0.15) is 5.82 Å². The van der Waals surface area contributed by atoms with Gasteiger partial charge in [0, 0.05) is 11.3 Å². The van der Waals surface area contributed by atoms with E-state index in [-0.39, 0.29) is 5.75 Å². The fourth-order valence-corrected chi connectivity index (χ4v) is 1.54. The molecule has 4 heteroatoms. The van der Waals surface area contributed by atoms with Crippen molar-refractivity contribution in [2.45, 2.75) is 6.92 Å². The smallest absolute Gasteiger partial charge is 0.220 e. The Morgan fingerprint density at radius 2 is 1.94 bits per heavy atom. The van der Waals surface area contributed by atoms with Gasteiger partial charge in [0.15, 0.2) is 5.75 Å². The Morgan fingerprint density at radius 1 is 1.24 bits per heavy atom. The standard InChI is InChI=1S/C13H10FNO2/c1-8-11(6-10(14)7-15-8)9-2-4-12(16)13(17)5-3-9/h2-7H,1H3,(H,16,17). The SMILES string of the molecule is Cc1ncc(F)cc1-c1ccc(O)c(=O)cc1. The number of hydrogen-bond acceptors (Lipinski definition) is 3. The second-order valence-corrected chi connectivity index (χ2v) is 3.66. The van der Waals surface area contributed by atoms with Gasteiger partial charge in [-0.25, -0.2) is 4.39 Å². The zero-order chi connectivity index (χ0) is 12.4. The molecule has 1 heterocycles. The number of hydrogen-bond donors (Lipinski definition) is 1. The van der Waals surface area contributed by atoms with E-state index in [0.717, 1.165) is 6.20 Å². The Hall–Kier alpha value is -2.23. The molecule has 0 saturated heterocycles. The Morgan fingerprint density at radius 3 is 2.71 bits per heavy atom. The van der Waals surface area contributed by atoms with Crippen LogP contribution in [0.3, 0.4) is 0 Å². The molecule has 0 aliphatic heterocycles. The van der Waals surface area contributed by atoms with E-state index in [4.69, 9.17) is 0 Å². The van der Waals surface area contributed by atoms with E-state index >= 15 is 0 Å². The number of rotatable bonds is 1. The largest absolute Gasteiger partial charge is 0.504 e. The number of aryl methyl sites for hydroxylation is 1. The molecule has 0 aliphatic carbocycles. The van der Waals surface area contributed by atoms with E-state index in [0.29, 0.717) is 16.8 Å². The van der Waals surface area contributed by atoms with Gasteiger partial charge in [-0.2, -0.15) is 0 Å². The van der Waals surface area contributed by atoms with Crippen molar-refractivity contribution in [2.24, 2.45) is 0 Å². The molecule has 1 aromatic heterocycles. The average Bonchev–Trinajstić information content (AvgIpc) is 2.47. The molecule has 0 amide bonds. The number of aromatic hydroxyl groups is 1. The minimum atomic E-state index is -0.474. The van der Waals surface area contributed by atoms with Crippen LogP contribution in [-0.2, 0) is 0 Å². The van der Waals surface area contributed by atoms with Crippen LogP contribution in [0.2, 0.25) is 0 Å². The van der Waals surface area contributed by atoms with Crippen LogP contribution in [0.25, 0.3) is 11.1 Å². The Balaban J connectivity index is 2.65. The molecule has 1 N–H and O–H groups in total. The van der Waals surface area contributed by atoms with Crippen LogP contribution in [0, 0.1) is 12.7 Å². The minimum absolute atomic E-state index is 0.335. The first-order valence-electron chi connectivity index (χ1n) is 5.04. The molecular weight excluding hydrogens is 221 g/mol. The molecule has 17 heavy (non-hydrogen) atoms. The molecule has 0 aliphatic rings. The highest BCUT2D eigenvalue weighted by atomic mass is 19.1. The van der Waals surface area contributed by atoms with Crippen LogP contribution >= 0.6 is 0 Å². The lowest BCUT2D eigenvalue weighted by atomic mass is 10.1. The van der Waals surface area contributed by atoms with Gasteiger partial charge < -0.3 is 5.11 Å². The van der Waals surface area contributed by atoms with Gasteiger partial charge >= 0.3 is 0 Å². The predicted molar refractivity (Wildman–Crippen MR) is 62.3 cm³/mol. The van der Waals surface area contributed by atoms with Crippen LogP contribution in [0.4, 0.5) is 4.39 Å². The van der Waals surface area contributed by atoms with Crippen LogP contribution < -0.4 is 5.43 Å². The van der Waals surface area contributed by atoms with Crippen LogP contribution in [0.15, 0.2) is 41.3 Å². The quantitative estimate of drug-likeness (QED) is 0.819. The number of aromatic nitrogens is 1. The van der Waals surface area contributed by atoms with E-state index in [2.05, 4.69) is 4.98 Å². The van der Waals surface area contributed by atoms with Gasteiger partial charge in [-0.15, -0.1) is 0 Å². The maximum Gasteiger partial charge on any atom is 0.220 e. The van der Waals surface area contributed by atoms with E-state index in [9.17, 15) is 14.3 Å². The lowest BCUT2D eigenvalue weighted by Gasteiger charge is -2.02. The third-order valence-corrected chi connectivity index (χ3v) is 2.45. The highest BCUT2D eigenvalue weighted by molar-refractivity contribution is 5.65. The summed E-state index contributed by atoms with van der Waals surface area (Å²) < 4.78 is 13.1. The van der Waals surface area contributed by atoms with Crippen molar-refractivity contribution in [3.8, 4) is 16.9 Å². The first-order chi connectivity index (χ1) is 8.08. The zero-order valence-corrected chi connectivity index (χ0v) is 9.14. The Bertz CT molecular complexity index is 626. The van der Waals surface area contributed by atoms with Crippen LogP contribution in [0.1, 0.15) is 5.69 Å². The maximum atomic E-state index is 13.1. The summed E-state index contributed by atoms with van der Waals surface area (Å²) in [6, 6.07) is 6.97. The summed E-state index contributed by atoms with van der Waals surface area (Å²) >= 11 is 0. The zero-order valence-electron chi connectivity index (χ0n) is 9.14. The molecule has 0 radical (unpaired) electrons. The predicted octanol–water partition coefficient (Wildman–Crippen LogP) is 2.26. The molecule has 86 valence electrons. The molecule has 0 fully saturated rings. The third kappa shape index (κ3) is 2.30. The molecule has 1 aromatic carbocycles. The molecule has 2 aromatic rings. The molecule has 0 spiro atoms. The van der Waals surface area contributed by atoms with Crippen molar-refractivity contribution in [3.05, 3.63) is 58.3 Å². The molecule has 0 unspecified atom stereocenters. The van der Waals surface area contributed by atoms with Crippen molar-refractivity contribution in [1.29, 1.82) is 0 Å². The first kappa shape index (κ1) is 11.3. The number of halogens is 1. The molecular formula is C13H10FNO2. The fourth-order valence-electron chi connectivity index (χ4n) is 1.54. The fraction of sp³-hybridized carbons (Fsp3) is 0.0769. The summed E-state index contributed by atoms with van der Waals surface area (Å²) in [6.07, 6.45) is 1.14. The van der Waals surface area contributed by atoms with Crippen molar-refractivity contribution < 1.29 is 9.50 Å². The second-order valence-electron chi connectivity index (χ2n) is 3.66. The number of nitrogens with zero attached hydrogens (tertiary/aromatic N) is 1. The summed E-state index contributed by atoms with van der Waals surface area (Å²) in [6.45, 7) is 1.75. The van der Waals surface area contributed by atoms with Crippen molar-refractivity contribution in [1.82, 2.24) is 4.98 Å². The van der Waals surface area contributed by atoms with Crippen molar-refractivity contribution >= 4 is 0 Å². The van der Waals surface area contributed by atoms with E-state index in [1.807, 2.05) is 0 Å². The maximum absolute atomic E-state index is 13.1. The second kappa shape index (κ2) is 4.33. The van der Waals surface area contributed by atoms with Gasteiger partial charge in [-0.3, -0.25) is 9.78 Å². The average molecular weight is 231 g/mol. The van der Waals surface area contributed by atoms with Gasteiger partial charge in [-0.05, 0) is 30.7 Å². The van der Waals surface area contributed by atoms with Gasteiger partial charge in [0.05, 0.1) is 6.20 Å². The lowest BCUT2D eigenvalue weighted by molar-refractivity contribution is 0.471. The van der Waals surface area contributed by atoms with E-state index in [1.165, 1.54) is 24.3 Å². The topological polar surface area (TPSA) is 50.2 Å². The van der Waals surface area contributed by atoms with Gasteiger partial charge in [0.2, 0.25) is 5.43 Å². The Labute approximate surface area is 97.2 Å². The summed E-state index contributed by atoms with van der Waals surface area (Å²) in [5, 5.41) is 9.27. The van der Waals surface area contributed by atoms with Crippen LogP contribution in [0.5, 0.6) is 5.75 Å². The summed E-state index contributed by atoms with van der Waals surface area (Å²) in [7, 11) is 0. The molecule has 0 atom stereocenters. The molecule has 2 rings (SSSR count).